The van der Waals surface area contributed by atoms with Crippen LogP contribution in [0.1, 0.15) is 13.3 Å². The van der Waals surface area contributed by atoms with E-state index in [0.29, 0.717) is 6.54 Å². The number of carbonyl (C=O) groups excluding carboxylic acids is 1. The molecular weight excluding hydrogens is 214 g/mol. The number of rotatable bonds is 4. The van der Waals surface area contributed by atoms with E-state index in [4.69, 9.17) is 5.73 Å². The lowest BCUT2D eigenvalue weighted by Gasteiger charge is -2.47. The summed E-state index contributed by atoms with van der Waals surface area (Å²) < 4.78 is 0. The molecule has 1 heterocycles. The van der Waals surface area contributed by atoms with Crippen LogP contribution in [-0.4, -0.2) is 36.0 Å². The molecule has 0 aromatic heterocycles. The second-order valence-electron chi connectivity index (χ2n) is 4.78. The van der Waals surface area contributed by atoms with Crippen molar-refractivity contribution in [1.29, 1.82) is 0 Å². The molecule has 1 aliphatic rings. The molecule has 4 heteroatoms. The summed E-state index contributed by atoms with van der Waals surface area (Å²) in [5, 5.41) is 2.86. The second kappa shape index (κ2) is 4.85. The standard InChI is InChI=1S/C13H19N3O/c1-2-13(14)9-16(10-13)8-12(17)15-11-6-4-3-5-7-11/h3-7H,2,8-10,14H2,1H3,(H,15,17). The quantitative estimate of drug-likeness (QED) is 0.817. The van der Waals surface area contributed by atoms with Gasteiger partial charge in [0.05, 0.1) is 6.54 Å². The molecule has 17 heavy (non-hydrogen) atoms. The zero-order valence-corrected chi connectivity index (χ0v) is 10.1. The molecular formula is C13H19N3O. The maximum Gasteiger partial charge on any atom is 0.238 e. The smallest absolute Gasteiger partial charge is 0.238 e. The number of anilines is 1. The van der Waals surface area contributed by atoms with Gasteiger partial charge in [0.15, 0.2) is 0 Å². The number of benzene rings is 1. The van der Waals surface area contributed by atoms with E-state index < -0.39 is 0 Å². The van der Waals surface area contributed by atoms with Crippen molar-refractivity contribution in [2.24, 2.45) is 5.73 Å². The van der Waals surface area contributed by atoms with E-state index in [0.717, 1.165) is 25.2 Å². The predicted octanol–water partition coefficient (Wildman–Crippen LogP) is 1.05. The largest absolute Gasteiger partial charge is 0.325 e. The molecule has 1 saturated heterocycles. The van der Waals surface area contributed by atoms with Crippen LogP contribution in [0, 0.1) is 0 Å². The lowest BCUT2D eigenvalue weighted by Crippen LogP contribution is -2.67. The van der Waals surface area contributed by atoms with Gasteiger partial charge in [-0.3, -0.25) is 9.69 Å². The lowest BCUT2D eigenvalue weighted by molar-refractivity contribution is -0.119. The summed E-state index contributed by atoms with van der Waals surface area (Å²) in [6.07, 6.45) is 0.962. The second-order valence-corrected chi connectivity index (χ2v) is 4.78. The summed E-state index contributed by atoms with van der Waals surface area (Å²) in [5.41, 5.74) is 6.81. The summed E-state index contributed by atoms with van der Waals surface area (Å²) in [6.45, 7) is 4.13. The van der Waals surface area contributed by atoms with E-state index in [9.17, 15) is 4.79 Å². The minimum absolute atomic E-state index is 0.0225. The molecule has 0 unspecified atom stereocenters. The van der Waals surface area contributed by atoms with Crippen molar-refractivity contribution in [3.05, 3.63) is 30.3 Å². The normalized spacial score (nSPS) is 18.5. The Kier molecular flexibility index (Phi) is 3.45. The number of para-hydroxylation sites is 1. The Morgan fingerprint density at radius 1 is 1.41 bits per heavy atom. The number of likely N-dealkylation sites (tertiary alicyclic amines) is 1. The molecule has 1 aromatic rings. The molecule has 92 valence electrons. The maximum atomic E-state index is 11.7. The highest BCUT2D eigenvalue weighted by molar-refractivity contribution is 5.92. The fraction of sp³-hybridized carbons (Fsp3) is 0.462. The van der Waals surface area contributed by atoms with E-state index >= 15 is 0 Å². The molecule has 1 fully saturated rings. The highest BCUT2D eigenvalue weighted by Gasteiger charge is 2.38. The Balaban J connectivity index is 1.76. The molecule has 1 aliphatic heterocycles. The van der Waals surface area contributed by atoms with Gasteiger partial charge in [-0.1, -0.05) is 25.1 Å². The third-order valence-corrected chi connectivity index (χ3v) is 3.21. The van der Waals surface area contributed by atoms with Gasteiger partial charge in [0.1, 0.15) is 0 Å². The van der Waals surface area contributed by atoms with Crippen molar-refractivity contribution in [3.8, 4) is 0 Å². The minimum Gasteiger partial charge on any atom is -0.325 e. The molecule has 4 nitrogen and oxygen atoms in total. The number of hydrogen-bond acceptors (Lipinski definition) is 3. The van der Waals surface area contributed by atoms with Crippen LogP contribution >= 0.6 is 0 Å². The Hall–Kier alpha value is -1.39. The first kappa shape index (κ1) is 12.1. The van der Waals surface area contributed by atoms with Gasteiger partial charge in [-0.25, -0.2) is 0 Å². The third kappa shape index (κ3) is 3.05. The van der Waals surface area contributed by atoms with Gasteiger partial charge in [-0.2, -0.15) is 0 Å². The minimum atomic E-state index is -0.0764. The van der Waals surface area contributed by atoms with Crippen LogP contribution < -0.4 is 11.1 Å². The van der Waals surface area contributed by atoms with E-state index in [1.807, 2.05) is 30.3 Å². The highest BCUT2D eigenvalue weighted by Crippen LogP contribution is 2.20. The zero-order chi connectivity index (χ0) is 12.3. The van der Waals surface area contributed by atoms with Gasteiger partial charge in [0.25, 0.3) is 0 Å². The SMILES string of the molecule is CCC1(N)CN(CC(=O)Nc2ccccc2)C1. The fourth-order valence-electron chi connectivity index (χ4n) is 2.10. The summed E-state index contributed by atoms with van der Waals surface area (Å²) in [4.78, 5) is 13.8. The van der Waals surface area contributed by atoms with Crippen molar-refractivity contribution >= 4 is 11.6 Å². The van der Waals surface area contributed by atoms with Crippen molar-refractivity contribution in [1.82, 2.24) is 4.90 Å². The van der Waals surface area contributed by atoms with E-state index in [2.05, 4.69) is 17.1 Å². The molecule has 3 N–H and O–H groups in total. The zero-order valence-electron chi connectivity index (χ0n) is 10.1. The molecule has 0 bridgehead atoms. The number of hydrogen-bond donors (Lipinski definition) is 2. The van der Waals surface area contributed by atoms with E-state index in [1.54, 1.807) is 0 Å². The monoisotopic (exact) mass is 233 g/mol. The summed E-state index contributed by atoms with van der Waals surface area (Å²) in [6, 6.07) is 9.50. The van der Waals surface area contributed by atoms with Gasteiger partial charge >= 0.3 is 0 Å². The van der Waals surface area contributed by atoms with Gasteiger partial charge in [-0.05, 0) is 18.6 Å². The van der Waals surface area contributed by atoms with Gasteiger partial charge in [0.2, 0.25) is 5.91 Å². The number of nitrogens with one attached hydrogen (secondary N) is 1. The van der Waals surface area contributed by atoms with Crippen molar-refractivity contribution in [2.75, 3.05) is 25.0 Å². The van der Waals surface area contributed by atoms with Gasteiger partial charge in [-0.15, -0.1) is 0 Å². The molecule has 1 amide bonds. The van der Waals surface area contributed by atoms with Crippen molar-refractivity contribution in [3.63, 3.8) is 0 Å². The number of amides is 1. The molecule has 0 aliphatic carbocycles. The fourth-order valence-corrected chi connectivity index (χ4v) is 2.10. The van der Waals surface area contributed by atoms with Crippen molar-refractivity contribution < 1.29 is 4.79 Å². The Morgan fingerprint density at radius 2 is 2.06 bits per heavy atom. The first-order valence-electron chi connectivity index (χ1n) is 5.97. The Labute approximate surface area is 102 Å². The van der Waals surface area contributed by atoms with Crippen LogP contribution in [0.4, 0.5) is 5.69 Å². The first-order valence-corrected chi connectivity index (χ1v) is 5.97. The topological polar surface area (TPSA) is 58.4 Å². The summed E-state index contributed by atoms with van der Waals surface area (Å²) >= 11 is 0. The van der Waals surface area contributed by atoms with Gasteiger partial charge in [0, 0.05) is 24.3 Å². The molecule has 2 rings (SSSR count). The van der Waals surface area contributed by atoms with E-state index in [1.165, 1.54) is 0 Å². The van der Waals surface area contributed by atoms with Crippen LogP contribution in [0.5, 0.6) is 0 Å². The molecule has 0 saturated carbocycles. The average molecular weight is 233 g/mol. The number of nitrogens with zero attached hydrogens (tertiary/aromatic N) is 1. The first-order chi connectivity index (χ1) is 8.11. The number of carbonyl (C=O) groups is 1. The lowest BCUT2D eigenvalue weighted by atomic mass is 9.88. The van der Waals surface area contributed by atoms with Crippen molar-refractivity contribution in [2.45, 2.75) is 18.9 Å². The number of nitrogens with two attached hydrogens (primary N) is 1. The molecule has 0 radical (unpaired) electrons. The summed E-state index contributed by atoms with van der Waals surface area (Å²) in [7, 11) is 0. The van der Waals surface area contributed by atoms with Crippen LogP contribution in [0.25, 0.3) is 0 Å². The highest BCUT2D eigenvalue weighted by atomic mass is 16.2. The summed E-state index contributed by atoms with van der Waals surface area (Å²) in [5.74, 6) is 0.0225. The van der Waals surface area contributed by atoms with Gasteiger partial charge < -0.3 is 11.1 Å². The molecule has 0 spiro atoms. The Morgan fingerprint density at radius 3 is 2.65 bits per heavy atom. The molecule has 0 atom stereocenters. The third-order valence-electron chi connectivity index (χ3n) is 3.21. The van der Waals surface area contributed by atoms with Crippen LogP contribution in [0.2, 0.25) is 0 Å². The predicted molar refractivity (Wildman–Crippen MR) is 68.7 cm³/mol. The molecule has 1 aromatic carbocycles. The van der Waals surface area contributed by atoms with Crippen LogP contribution in [0.3, 0.4) is 0 Å². The maximum absolute atomic E-state index is 11.7. The average Bonchev–Trinajstić information content (AvgIpc) is 2.28. The van der Waals surface area contributed by atoms with Crippen LogP contribution in [0.15, 0.2) is 30.3 Å². The van der Waals surface area contributed by atoms with E-state index in [-0.39, 0.29) is 11.4 Å². The van der Waals surface area contributed by atoms with Crippen LogP contribution in [-0.2, 0) is 4.79 Å². The Bertz CT molecular complexity index is 385.